The molecule has 1 aromatic carbocycles. The molecule has 0 bridgehead atoms. The van der Waals surface area contributed by atoms with Crippen molar-refractivity contribution in [2.75, 3.05) is 0 Å². The Kier molecular flexibility index (Phi) is 4.80. The van der Waals surface area contributed by atoms with Crippen LogP contribution < -0.4 is 0 Å². The van der Waals surface area contributed by atoms with Gasteiger partial charge in [0.05, 0.1) is 11.6 Å². The molecule has 0 atom stereocenters. The first-order valence-corrected chi connectivity index (χ1v) is 7.66. The summed E-state index contributed by atoms with van der Waals surface area (Å²) in [4.78, 5) is 2.47. The van der Waals surface area contributed by atoms with Gasteiger partial charge in [-0.1, -0.05) is 41.5 Å². The zero-order chi connectivity index (χ0) is 14.0. The lowest BCUT2D eigenvalue weighted by atomic mass is 10.2. The van der Waals surface area contributed by atoms with Gasteiger partial charge in [-0.05, 0) is 18.2 Å². The molecule has 0 aliphatic heterocycles. The third kappa shape index (κ3) is 5.37. The standard InChI is InChI=1S/C15H21NS2/c1-14(2,3)17-12-8-7-11(10-16)9-13(12)18-15(4,5)6/h7-9H,1-6H3. The molecule has 0 saturated heterocycles. The maximum Gasteiger partial charge on any atom is 0.0992 e. The molecular weight excluding hydrogens is 258 g/mol. The first-order chi connectivity index (χ1) is 8.11. The highest BCUT2D eigenvalue weighted by molar-refractivity contribution is 8.03. The predicted octanol–water partition coefficient (Wildman–Crippen LogP) is 5.34. The Morgan fingerprint density at radius 2 is 1.39 bits per heavy atom. The molecule has 0 aliphatic carbocycles. The highest BCUT2D eigenvalue weighted by Gasteiger charge is 2.19. The summed E-state index contributed by atoms with van der Waals surface area (Å²) < 4.78 is 0.336. The Bertz CT molecular complexity index is 459. The number of nitrogens with zero attached hydrogens (tertiary/aromatic N) is 1. The van der Waals surface area contributed by atoms with Gasteiger partial charge >= 0.3 is 0 Å². The summed E-state index contributed by atoms with van der Waals surface area (Å²) >= 11 is 3.68. The zero-order valence-electron chi connectivity index (χ0n) is 12.0. The minimum absolute atomic E-state index is 0.154. The van der Waals surface area contributed by atoms with Crippen LogP contribution in [-0.2, 0) is 0 Å². The molecule has 0 N–H and O–H groups in total. The SMILES string of the molecule is CC(C)(C)Sc1ccc(C#N)cc1SC(C)(C)C. The molecule has 98 valence electrons. The van der Waals surface area contributed by atoms with E-state index in [9.17, 15) is 0 Å². The number of hydrogen-bond donors (Lipinski definition) is 0. The number of nitriles is 1. The highest BCUT2D eigenvalue weighted by atomic mass is 32.2. The molecule has 0 radical (unpaired) electrons. The van der Waals surface area contributed by atoms with Crippen LogP contribution in [0.4, 0.5) is 0 Å². The van der Waals surface area contributed by atoms with Crippen LogP contribution >= 0.6 is 23.5 Å². The number of thioether (sulfide) groups is 2. The molecule has 1 rings (SSSR count). The first kappa shape index (κ1) is 15.5. The monoisotopic (exact) mass is 279 g/mol. The lowest BCUT2D eigenvalue weighted by molar-refractivity contribution is 0.794. The van der Waals surface area contributed by atoms with Crippen molar-refractivity contribution in [3.05, 3.63) is 23.8 Å². The van der Waals surface area contributed by atoms with Crippen LogP contribution in [0.1, 0.15) is 47.1 Å². The van der Waals surface area contributed by atoms with E-state index in [0.29, 0.717) is 0 Å². The quantitative estimate of drug-likeness (QED) is 0.683. The second-order valence-corrected chi connectivity index (χ2v) is 9.94. The normalized spacial score (nSPS) is 12.3. The van der Waals surface area contributed by atoms with Crippen LogP contribution in [0, 0.1) is 11.3 Å². The van der Waals surface area contributed by atoms with Gasteiger partial charge in [-0.3, -0.25) is 0 Å². The molecule has 0 fully saturated rings. The average molecular weight is 279 g/mol. The largest absolute Gasteiger partial charge is 0.192 e. The van der Waals surface area contributed by atoms with Gasteiger partial charge in [0.1, 0.15) is 0 Å². The summed E-state index contributed by atoms with van der Waals surface area (Å²) in [7, 11) is 0. The molecule has 0 unspecified atom stereocenters. The van der Waals surface area contributed by atoms with E-state index in [1.807, 2.05) is 35.7 Å². The van der Waals surface area contributed by atoms with Gasteiger partial charge in [-0.25, -0.2) is 0 Å². The maximum absolute atomic E-state index is 9.02. The van der Waals surface area contributed by atoms with E-state index in [1.165, 1.54) is 9.79 Å². The average Bonchev–Trinajstić information content (AvgIpc) is 2.16. The van der Waals surface area contributed by atoms with Crippen molar-refractivity contribution < 1.29 is 0 Å². The molecule has 0 spiro atoms. The summed E-state index contributed by atoms with van der Waals surface area (Å²) in [6.07, 6.45) is 0. The van der Waals surface area contributed by atoms with Crippen molar-refractivity contribution in [3.8, 4) is 6.07 Å². The van der Waals surface area contributed by atoms with Crippen LogP contribution in [0.2, 0.25) is 0 Å². The Hall–Kier alpha value is -0.590. The van der Waals surface area contributed by atoms with Crippen molar-refractivity contribution in [1.82, 2.24) is 0 Å². The molecule has 1 nitrogen and oxygen atoms in total. The minimum Gasteiger partial charge on any atom is -0.192 e. The second kappa shape index (κ2) is 5.59. The smallest absolute Gasteiger partial charge is 0.0992 e. The van der Waals surface area contributed by atoms with Crippen LogP contribution in [0.25, 0.3) is 0 Å². The Morgan fingerprint density at radius 1 is 0.889 bits per heavy atom. The summed E-state index contributed by atoms with van der Waals surface area (Å²) in [6.45, 7) is 13.2. The summed E-state index contributed by atoms with van der Waals surface area (Å²) in [5.74, 6) is 0. The third-order valence-corrected chi connectivity index (χ3v) is 4.39. The van der Waals surface area contributed by atoms with E-state index in [0.717, 1.165) is 5.56 Å². The molecule has 1 aromatic rings. The molecule has 18 heavy (non-hydrogen) atoms. The number of hydrogen-bond acceptors (Lipinski definition) is 3. The van der Waals surface area contributed by atoms with E-state index >= 15 is 0 Å². The zero-order valence-corrected chi connectivity index (χ0v) is 13.6. The van der Waals surface area contributed by atoms with Crippen molar-refractivity contribution >= 4 is 23.5 Å². The fraction of sp³-hybridized carbons (Fsp3) is 0.533. The van der Waals surface area contributed by atoms with Crippen molar-refractivity contribution in [2.24, 2.45) is 0 Å². The summed E-state index contributed by atoms with van der Waals surface area (Å²) in [5.41, 5.74) is 0.736. The summed E-state index contributed by atoms with van der Waals surface area (Å²) in [5, 5.41) is 9.02. The van der Waals surface area contributed by atoms with Gasteiger partial charge in [0, 0.05) is 19.3 Å². The van der Waals surface area contributed by atoms with Crippen LogP contribution in [0.5, 0.6) is 0 Å². The number of benzene rings is 1. The Balaban J connectivity index is 3.13. The lowest BCUT2D eigenvalue weighted by Crippen LogP contribution is -2.10. The number of rotatable bonds is 2. The molecule has 3 heteroatoms. The van der Waals surface area contributed by atoms with Crippen LogP contribution in [0.15, 0.2) is 28.0 Å². The van der Waals surface area contributed by atoms with E-state index in [-0.39, 0.29) is 9.49 Å². The van der Waals surface area contributed by atoms with E-state index < -0.39 is 0 Å². The maximum atomic E-state index is 9.02. The Labute approximate surface area is 119 Å². The van der Waals surface area contributed by atoms with E-state index in [1.54, 1.807) is 0 Å². The van der Waals surface area contributed by atoms with Crippen molar-refractivity contribution in [1.29, 1.82) is 5.26 Å². The molecule has 0 saturated carbocycles. The van der Waals surface area contributed by atoms with Gasteiger partial charge in [0.15, 0.2) is 0 Å². The van der Waals surface area contributed by atoms with Gasteiger partial charge in [0.25, 0.3) is 0 Å². The van der Waals surface area contributed by atoms with E-state index in [4.69, 9.17) is 5.26 Å². The van der Waals surface area contributed by atoms with Crippen LogP contribution in [-0.4, -0.2) is 9.49 Å². The van der Waals surface area contributed by atoms with Gasteiger partial charge in [-0.2, -0.15) is 5.26 Å². The fourth-order valence-corrected chi connectivity index (χ4v) is 3.62. The molecule has 0 amide bonds. The summed E-state index contributed by atoms with van der Waals surface area (Å²) in [6, 6.07) is 8.20. The van der Waals surface area contributed by atoms with Crippen LogP contribution in [0.3, 0.4) is 0 Å². The minimum atomic E-state index is 0.154. The van der Waals surface area contributed by atoms with Crippen molar-refractivity contribution in [2.45, 2.75) is 60.8 Å². The van der Waals surface area contributed by atoms with Crippen molar-refractivity contribution in [3.63, 3.8) is 0 Å². The lowest BCUT2D eigenvalue weighted by Gasteiger charge is -2.23. The molecule has 0 aromatic heterocycles. The third-order valence-electron chi connectivity index (χ3n) is 1.91. The first-order valence-electron chi connectivity index (χ1n) is 6.03. The predicted molar refractivity (Wildman–Crippen MR) is 82.4 cm³/mol. The topological polar surface area (TPSA) is 23.8 Å². The molecule has 0 aliphatic rings. The van der Waals surface area contributed by atoms with Gasteiger partial charge in [0.2, 0.25) is 0 Å². The highest BCUT2D eigenvalue weighted by Crippen LogP contribution is 2.42. The molecule has 0 heterocycles. The van der Waals surface area contributed by atoms with Gasteiger partial charge in [-0.15, -0.1) is 23.5 Å². The van der Waals surface area contributed by atoms with E-state index in [2.05, 4.69) is 53.7 Å². The Morgan fingerprint density at radius 3 is 1.83 bits per heavy atom. The van der Waals surface area contributed by atoms with Gasteiger partial charge < -0.3 is 0 Å². The fourth-order valence-electron chi connectivity index (χ4n) is 1.40. The molecular formula is C15H21NS2. The second-order valence-electron chi connectivity index (χ2n) is 6.20.